The number of nitrogens with one attached hydrogen (secondary N) is 1. The van der Waals surface area contributed by atoms with E-state index in [-0.39, 0.29) is 0 Å². The maximum Gasteiger partial charge on any atom is 0.0332 e. The Morgan fingerprint density at radius 2 is 1.62 bits per heavy atom. The summed E-state index contributed by atoms with van der Waals surface area (Å²) in [6, 6.07) is 9.73. The molecule has 0 bridgehead atoms. The molecule has 1 N–H and O–H groups in total. The van der Waals surface area contributed by atoms with E-state index in [1.165, 1.54) is 43.4 Å². The number of nitrogens with zero attached hydrogens (tertiary/aromatic N) is 1. The van der Waals surface area contributed by atoms with Gasteiger partial charge in [0.05, 0.1) is 0 Å². The van der Waals surface area contributed by atoms with Gasteiger partial charge in [0, 0.05) is 6.04 Å². The van der Waals surface area contributed by atoms with Crippen LogP contribution in [0.4, 0.5) is 0 Å². The number of aryl methyl sites for hydroxylation is 1. The molecule has 0 radical (unpaired) electrons. The van der Waals surface area contributed by atoms with Gasteiger partial charge in [-0.3, -0.25) is 0 Å². The van der Waals surface area contributed by atoms with Gasteiger partial charge in [-0.25, -0.2) is 0 Å². The molecule has 0 spiro atoms. The molecule has 1 aromatic rings. The topological polar surface area (TPSA) is 15.3 Å². The number of benzene rings is 1. The third-order valence-corrected chi connectivity index (χ3v) is 4.19. The van der Waals surface area contributed by atoms with Crippen LogP contribution in [-0.2, 0) is 6.42 Å². The van der Waals surface area contributed by atoms with E-state index < -0.39 is 0 Å². The lowest BCUT2D eigenvalue weighted by atomic mass is 10.00. The van der Waals surface area contributed by atoms with Crippen LogP contribution in [0.15, 0.2) is 24.3 Å². The molecular weight excluding hydrogens is 256 g/mol. The quantitative estimate of drug-likeness (QED) is 0.649. The minimum Gasteiger partial charge on any atom is -0.310 e. The van der Waals surface area contributed by atoms with Crippen LogP contribution >= 0.6 is 0 Å². The highest BCUT2D eigenvalue weighted by Crippen LogP contribution is 2.19. The predicted molar refractivity (Wildman–Crippen MR) is 93.9 cm³/mol. The van der Waals surface area contributed by atoms with E-state index in [2.05, 4.69) is 62.2 Å². The highest BCUT2D eigenvalue weighted by molar-refractivity contribution is 5.25. The van der Waals surface area contributed by atoms with Gasteiger partial charge in [-0.1, -0.05) is 58.4 Å². The van der Waals surface area contributed by atoms with Crippen molar-refractivity contribution >= 4 is 0 Å². The van der Waals surface area contributed by atoms with E-state index in [0.29, 0.717) is 6.04 Å². The normalized spacial score (nSPS) is 12.8. The summed E-state index contributed by atoms with van der Waals surface area (Å²) in [5, 5.41) is 3.71. The molecule has 0 saturated heterocycles. The molecule has 0 amide bonds. The highest BCUT2D eigenvalue weighted by atomic mass is 15.1. The van der Waals surface area contributed by atoms with Crippen molar-refractivity contribution in [1.29, 1.82) is 0 Å². The first-order chi connectivity index (χ1) is 10.2. The minimum atomic E-state index is 0.487. The van der Waals surface area contributed by atoms with Crippen LogP contribution in [0, 0.1) is 0 Å². The van der Waals surface area contributed by atoms with Crippen LogP contribution in [-0.4, -0.2) is 31.1 Å². The Bertz CT molecular complexity index is 354. The van der Waals surface area contributed by atoms with E-state index in [4.69, 9.17) is 0 Å². The van der Waals surface area contributed by atoms with Crippen LogP contribution < -0.4 is 5.32 Å². The van der Waals surface area contributed by atoms with E-state index in [1.807, 2.05) is 0 Å². The van der Waals surface area contributed by atoms with Gasteiger partial charge in [-0.05, 0) is 56.6 Å². The molecule has 1 rings (SSSR count). The lowest BCUT2D eigenvalue weighted by Gasteiger charge is -2.24. The van der Waals surface area contributed by atoms with E-state index in [9.17, 15) is 0 Å². The van der Waals surface area contributed by atoms with Crippen molar-refractivity contribution in [2.24, 2.45) is 0 Å². The van der Waals surface area contributed by atoms with Crippen molar-refractivity contribution < 1.29 is 0 Å². The van der Waals surface area contributed by atoms with Crippen LogP contribution in [0.1, 0.15) is 64.1 Å². The van der Waals surface area contributed by atoms with Gasteiger partial charge in [-0.15, -0.1) is 0 Å². The summed E-state index contributed by atoms with van der Waals surface area (Å²) in [6.07, 6.45) is 4.79. The van der Waals surface area contributed by atoms with Gasteiger partial charge in [-0.2, -0.15) is 0 Å². The maximum absolute atomic E-state index is 3.71. The summed E-state index contributed by atoms with van der Waals surface area (Å²) in [4.78, 5) is 2.51. The van der Waals surface area contributed by atoms with E-state index in [1.54, 1.807) is 0 Å². The number of hydrogen-bond acceptors (Lipinski definition) is 2. The summed E-state index contributed by atoms with van der Waals surface area (Å²) >= 11 is 0. The van der Waals surface area contributed by atoms with Crippen LogP contribution in [0.25, 0.3) is 0 Å². The molecule has 1 aromatic carbocycles. The zero-order valence-electron chi connectivity index (χ0n) is 14.5. The molecule has 2 heteroatoms. The van der Waals surface area contributed by atoms with Crippen LogP contribution in [0.5, 0.6) is 0 Å². The second-order valence-corrected chi connectivity index (χ2v) is 5.81. The molecule has 0 aliphatic heterocycles. The molecule has 0 aromatic heterocycles. The first-order valence-corrected chi connectivity index (χ1v) is 8.79. The minimum absolute atomic E-state index is 0.487. The van der Waals surface area contributed by atoms with Gasteiger partial charge >= 0.3 is 0 Å². The van der Waals surface area contributed by atoms with Gasteiger partial charge in [0.1, 0.15) is 0 Å². The van der Waals surface area contributed by atoms with Gasteiger partial charge < -0.3 is 10.2 Å². The molecule has 0 aliphatic rings. The van der Waals surface area contributed by atoms with Crippen molar-refractivity contribution in [2.75, 3.05) is 26.2 Å². The number of rotatable bonds is 11. The Kier molecular flexibility index (Phi) is 9.36. The van der Waals surface area contributed by atoms with Crippen LogP contribution in [0.3, 0.4) is 0 Å². The third-order valence-electron chi connectivity index (χ3n) is 4.19. The highest BCUT2D eigenvalue weighted by Gasteiger charge is 2.12. The average molecular weight is 290 g/mol. The van der Waals surface area contributed by atoms with E-state index in [0.717, 1.165) is 19.6 Å². The molecule has 0 heterocycles. The number of hydrogen-bond donors (Lipinski definition) is 1. The van der Waals surface area contributed by atoms with Crippen LogP contribution in [0.2, 0.25) is 0 Å². The molecule has 0 saturated carbocycles. The summed E-state index contributed by atoms with van der Waals surface area (Å²) in [6.45, 7) is 13.5. The molecule has 1 atom stereocenters. The lowest BCUT2D eigenvalue weighted by Crippen LogP contribution is -2.29. The molecule has 2 nitrogen and oxygen atoms in total. The molecule has 0 aliphatic carbocycles. The molecule has 1 unspecified atom stereocenters. The Morgan fingerprint density at radius 3 is 2.14 bits per heavy atom. The van der Waals surface area contributed by atoms with Crippen molar-refractivity contribution in [3.63, 3.8) is 0 Å². The smallest absolute Gasteiger partial charge is 0.0332 e. The summed E-state index contributed by atoms with van der Waals surface area (Å²) in [7, 11) is 0. The maximum atomic E-state index is 3.71. The Labute approximate surface area is 131 Å². The Hall–Kier alpha value is -0.860. The third kappa shape index (κ3) is 6.62. The fraction of sp³-hybridized carbons (Fsp3) is 0.684. The van der Waals surface area contributed by atoms with Crippen molar-refractivity contribution in [3.8, 4) is 0 Å². The first kappa shape index (κ1) is 18.2. The zero-order valence-corrected chi connectivity index (χ0v) is 14.5. The summed E-state index contributed by atoms with van der Waals surface area (Å²) in [5.41, 5.74) is 2.90. The molecule has 0 fully saturated rings. The molecule has 120 valence electrons. The second kappa shape index (κ2) is 10.8. The molecule has 21 heavy (non-hydrogen) atoms. The Balaban J connectivity index is 2.66. The van der Waals surface area contributed by atoms with Gasteiger partial charge in [0.15, 0.2) is 0 Å². The largest absolute Gasteiger partial charge is 0.310 e. The first-order valence-electron chi connectivity index (χ1n) is 8.79. The van der Waals surface area contributed by atoms with Crippen molar-refractivity contribution in [2.45, 2.75) is 59.4 Å². The van der Waals surface area contributed by atoms with Gasteiger partial charge in [0.2, 0.25) is 0 Å². The van der Waals surface area contributed by atoms with E-state index >= 15 is 0 Å². The zero-order chi connectivity index (χ0) is 15.5. The fourth-order valence-corrected chi connectivity index (χ4v) is 2.76. The summed E-state index contributed by atoms with van der Waals surface area (Å²) in [5.74, 6) is 0. The predicted octanol–water partition coefficient (Wildman–Crippen LogP) is 4.41. The summed E-state index contributed by atoms with van der Waals surface area (Å²) < 4.78 is 0. The molecular formula is C19H34N2. The van der Waals surface area contributed by atoms with Gasteiger partial charge in [0.25, 0.3) is 0 Å². The average Bonchev–Trinajstić information content (AvgIpc) is 2.52. The van der Waals surface area contributed by atoms with Crippen molar-refractivity contribution in [3.05, 3.63) is 35.4 Å². The van der Waals surface area contributed by atoms with Crippen molar-refractivity contribution in [1.82, 2.24) is 10.2 Å². The lowest BCUT2D eigenvalue weighted by molar-refractivity contribution is 0.282. The Morgan fingerprint density at radius 1 is 0.952 bits per heavy atom. The fourth-order valence-electron chi connectivity index (χ4n) is 2.76. The standard InChI is InChI=1S/C19H34N2/c1-5-9-17-10-12-18(13-11-17)19(20-15-6-2)14-16-21(7-3)8-4/h10-13,19-20H,5-9,14-16H2,1-4H3. The SMILES string of the molecule is CCCNC(CCN(CC)CC)c1ccc(CCC)cc1. The monoisotopic (exact) mass is 290 g/mol. The second-order valence-electron chi connectivity index (χ2n) is 5.81.